The van der Waals surface area contributed by atoms with Gasteiger partial charge in [-0.2, -0.15) is 9.78 Å². The third-order valence-corrected chi connectivity index (χ3v) is 5.32. The summed E-state index contributed by atoms with van der Waals surface area (Å²) in [6.07, 6.45) is 2.23. The Hall–Kier alpha value is -3.80. The predicted octanol–water partition coefficient (Wildman–Crippen LogP) is 2.45. The first-order valence-electron chi connectivity index (χ1n) is 8.56. The fourth-order valence-electron chi connectivity index (χ4n) is 2.69. The van der Waals surface area contributed by atoms with Crippen LogP contribution in [-0.2, 0) is 4.74 Å². The number of aromatic nitrogens is 2. The minimum Gasteiger partial charge on any atom is -0.504 e. The van der Waals surface area contributed by atoms with Gasteiger partial charge in [0.1, 0.15) is 16.0 Å². The van der Waals surface area contributed by atoms with E-state index in [-0.39, 0.29) is 39.6 Å². The summed E-state index contributed by atoms with van der Waals surface area (Å²) in [6.45, 7) is 3.49. The van der Waals surface area contributed by atoms with Gasteiger partial charge in [0.15, 0.2) is 11.5 Å². The van der Waals surface area contributed by atoms with Crippen LogP contribution < -0.4 is 10.3 Å². The highest BCUT2D eigenvalue weighted by Gasteiger charge is 2.20. The van der Waals surface area contributed by atoms with E-state index in [1.807, 2.05) is 0 Å². The number of ether oxygens (including phenoxy) is 2. The zero-order valence-corrected chi connectivity index (χ0v) is 16.9. The largest absolute Gasteiger partial charge is 0.504 e. The number of aryl methyl sites for hydroxylation is 1. The van der Waals surface area contributed by atoms with Gasteiger partial charge in [-0.3, -0.25) is 14.9 Å². The van der Waals surface area contributed by atoms with Crippen molar-refractivity contribution in [3.63, 3.8) is 0 Å². The molecule has 3 aromatic rings. The van der Waals surface area contributed by atoms with Gasteiger partial charge in [-0.15, -0.1) is 11.3 Å². The number of aromatic hydroxyl groups is 1. The van der Waals surface area contributed by atoms with Crippen molar-refractivity contribution in [2.24, 2.45) is 5.10 Å². The summed E-state index contributed by atoms with van der Waals surface area (Å²) in [5.41, 5.74) is -0.463. The Morgan fingerprint density at radius 2 is 2.20 bits per heavy atom. The van der Waals surface area contributed by atoms with Gasteiger partial charge in [-0.1, -0.05) is 0 Å². The molecular formula is C18H16N4O7S. The Balaban J connectivity index is 2.08. The SMILES string of the molecule is CCOC(=O)c1sc2ncn(N=Cc3cc([N+](=O)[O-])cc(OC)c3O)c(=O)c2c1C. The number of carbonyl (C=O) groups excluding carboxylic acids is 1. The number of fused-ring (bicyclic) bond motifs is 1. The number of hydrogen-bond donors (Lipinski definition) is 1. The van der Waals surface area contributed by atoms with E-state index in [1.54, 1.807) is 13.8 Å². The van der Waals surface area contributed by atoms with Gasteiger partial charge in [0.05, 0.1) is 36.3 Å². The third kappa shape index (κ3) is 3.72. The maximum absolute atomic E-state index is 12.8. The molecule has 2 aromatic heterocycles. The second-order valence-electron chi connectivity index (χ2n) is 5.94. The molecule has 1 N–H and O–H groups in total. The Bertz CT molecular complexity index is 1250. The highest BCUT2D eigenvalue weighted by atomic mass is 32.1. The lowest BCUT2D eigenvalue weighted by Crippen LogP contribution is -2.17. The number of phenolic OH excluding ortho intramolecular Hbond substituents is 1. The first-order valence-corrected chi connectivity index (χ1v) is 9.37. The molecule has 0 spiro atoms. The Morgan fingerprint density at radius 1 is 1.47 bits per heavy atom. The van der Waals surface area contributed by atoms with Crippen molar-refractivity contribution in [3.05, 3.63) is 54.9 Å². The summed E-state index contributed by atoms with van der Waals surface area (Å²) < 4.78 is 10.8. The monoisotopic (exact) mass is 432 g/mol. The van der Waals surface area contributed by atoms with E-state index in [4.69, 9.17) is 9.47 Å². The normalized spacial score (nSPS) is 11.2. The molecule has 0 unspecified atom stereocenters. The van der Waals surface area contributed by atoms with E-state index in [9.17, 15) is 24.8 Å². The molecule has 0 amide bonds. The van der Waals surface area contributed by atoms with Crippen molar-refractivity contribution in [2.45, 2.75) is 13.8 Å². The molecule has 0 bridgehead atoms. The highest BCUT2D eigenvalue weighted by molar-refractivity contribution is 7.20. The summed E-state index contributed by atoms with van der Waals surface area (Å²) in [4.78, 5) is 40.1. The molecule has 0 fully saturated rings. The minimum atomic E-state index is -0.648. The average molecular weight is 432 g/mol. The van der Waals surface area contributed by atoms with Gasteiger partial charge < -0.3 is 14.6 Å². The molecule has 156 valence electrons. The van der Waals surface area contributed by atoms with E-state index in [0.717, 1.165) is 40.7 Å². The summed E-state index contributed by atoms with van der Waals surface area (Å²) in [5.74, 6) is -1.02. The first kappa shape index (κ1) is 20.9. The highest BCUT2D eigenvalue weighted by Crippen LogP contribution is 2.33. The van der Waals surface area contributed by atoms with Crippen molar-refractivity contribution < 1.29 is 24.3 Å². The molecule has 0 aliphatic rings. The quantitative estimate of drug-likeness (QED) is 0.270. The van der Waals surface area contributed by atoms with E-state index >= 15 is 0 Å². The van der Waals surface area contributed by atoms with Gasteiger partial charge in [0.25, 0.3) is 11.2 Å². The molecule has 11 nitrogen and oxygen atoms in total. The number of nitrogens with zero attached hydrogens (tertiary/aromatic N) is 4. The molecule has 0 radical (unpaired) electrons. The Morgan fingerprint density at radius 3 is 2.83 bits per heavy atom. The number of esters is 1. The number of carbonyl (C=O) groups is 1. The molecular weight excluding hydrogens is 416 g/mol. The van der Waals surface area contributed by atoms with Crippen LogP contribution in [-0.4, -0.2) is 45.6 Å². The molecule has 0 atom stereocenters. The number of phenols is 1. The van der Waals surface area contributed by atoms with Crippen LogP contribution in [0.2, 0.25) is 0 Å². The van der Waals surface area contributed by atoms with Gasteiger partial charge in [-0.05, 0) is 19.4 Å². The molecule has 3 rings (SSSR count). The van der Waals surface area contributed by atoms with E-state index in [0.29, 0.717) is 10.4 Å². The fourth-order valence-corrected chi connectivity index (χ4v) is 3.72. The lowest BCUT2D eigenvalue weighted by molar-refractivity contribution is -0.385. The summed E-state index contributed by atoms with van der Waals surface area (Å²) in [7, 11) is 1.25. The predicted molar refractivity (Wildman–Crippen MR) is 109 cm³/mol. The minimum absolute atomic E-state index is 0.0256. The number of hydrogen-bond acceptors (Lipinski definition) is 10. The van der Waals surface area contributed by atoms with Crippen molar-refractivity contribution in [2.75, 3.05) is 13.7 Å². The van der Waals surface area contributed by atoms with E-state index in [2.05, 4.69) is 10.1 Å². The molecule has 30 heavy (non-hydrogen) atoms. The Labute approximate surface area is 173 Å². The summed E-state index contributed by atoms with van der Waals surface area (Å²) in [6, 6.07) is 2.16. The number of methoxy groups -OCH3 is 1. The van der Waals surface area contributed by atoms with Crippen molar-refractivity contribution in [1.29, 1.82) is 0 Å². The first-order chi connectivity index (χ1) is 14.3. The molecule has 1 aromatic carbocycles. The Kier molecular flexibility index (Phi) is 5.78. The number of nitro benzene ring substituents is 1. The number of nitro groups is 1. The maximum atomic E-state index is 12.8. The van der Waals surface area contributed by atoms with Crippen LogP contribution in [0.4, 0.5) is 5.69 Å². The lowest BCUT2D eigenvalue weighted by atomic mass is 10.2. The second-order valence-corrected chi connectivity index (χ2v) is 6.94. The number of rotatable bonds is 6. The number of non-ortho nitro benzene ring substituents is 1. The number of thiophene rings is 1. The molecule has 0 aliphatic carbocycles. The van der Waals surface area contributed by atoms with Crippen LogP contribution in [0.1, 0.15) is 27.7 Å². The van der Waals surface area contributed by atoms with Crippen molar-refractivity contribution in [1.82, 2.24) is 9.66 Å². The van der Waals surface area contributed by atoms with Gasteiger partial charge >= 0.3 is 5.97 Å². The molecule has 0 saturated heterocycles. The van der Waals surface area contributed by atoms with Crippen LogP contribution in [0.5, 0.6) is 11.5 Å². The van der Waals surface area contributed by atoms with E-state index in [1.165, 1.54) is 7.11 Å². The van der Waals surface area contributed by atoms with Crippen LogP contribution >= 0.6 is 11.3 Å². The van der Waals surface area contributed by atoms with Crippen molar-refractivity contribution in [3.8, 4) is 11.5 Å². The van der Waals surface area contributed by atoms with Gasteiger partial charge in [0.2, 0.25) is 0 Å². The van der Waals surface area contributed by atoms with Crippen molar-refractivity contribution >= 4 is 39.4 Å². The zero-order valence-electron chi connectivity index (χ0n) is 16.1. The maximum Gasteiger partial charge on any atom is 0.348 e. The topological polar surface area (TPSA) is 146 Å². The lowest BCUT2D eigenvalue weighted by Gasteiger charge is -2.06. The fraction of sp³-hybridized carbons (Fsp3) is 0.222. The van der Waals surface area contributed by atoms with Crippen LogP contribution in [0.25, 0.3) is 10.2 Å². The molecule has 0 saturated carbocycles. The standard InChI is InChI=1S/C18H16N4O7S/c1-4-29-18(25)15-9(2)13-16(30-15)19-8-21(17(13)24)20-7-10-5-11(22(26)27)6-12(28-3)14(10)23/h5-8,23H,4H2,1-3H3. The average Bonchev–Trinajstić information content (AvgIpc) is 3.05. The second kappa shape index (κ2) is 8.29. The summed E-state index contributed by atoms with van der Waals surface area (Å²) >= 11 is 1.04. The molecule has 12 heteroatoms. The summed E-state index contributed by atoms with van der Waals surface area (Å²) in [5, 5.41) is 25.4. The molecule has 2 heterocycles. The third-order valence-electron chi connectivity index (χ3n) is 4.14. The van der Waals surface area contributed by atoms with Gasteiger partial charge in [0, 0.05) is 11.6 Å². The van der Waals surface area contributed by atoms with Crippen LogP contribution in [0.15, 0.2) is 28.4 Å². The van der Waals surface area contributed by atoms with E-state index < -0.39 is 16.5 Å². The zero-order chi connectivity index (χ0) is 22.0. The van der Waals surface area contributed by atoms with Crippen LogP contribution in [0.3, 0.4) is 0 Å². The number of benzene rings is 1. The van der Waals surface area contributed by atoms with Gasteiger partial charge in [-0.25, -0.2) is 9.78 Å². The molecule has 0 aliphatic heterocycles. The van der Waals surface area contributed by atoms with Crippen LogP contribution in [0, 0.1) is 17.0 Å². The smallest absolute Gasteiger partial charge is 0.348 e.